The van der Waals surface area contributed by atoms with Crippen LogP contribution in [0.15, 0.2) is 48.7 Å². The summed E-state index contributed by atoms with van der Waals surface area (Å²) >= 11 is 0. The van der Waals surface area contributed by atoms with Crippen LogP contribution in [-0.2, 0) is 21.1 Å². The van der Waals surface area contributed by atoms with Gasteiger partial charge in [-0.3, -0.25) is 9.59 Å². The maximum Gasteiger partial charge on any atom is 0.243 e. The minimum absolute atomic E-state index is 0.00317. The Kier molecular flexibility index (Phi) is 9.58. The number of nitrogens with zero attached hydrogens (tertiary/aromatic N) is 2. The van der Waals surface area contributed by atoms with E-state index in [1.165, 1.54) is 5.56 Å². The second-order valence-corrected chi connectivity index (χ2v) is 14.7. The average molecular weight is 609 g/mol. The molecule has 1 amide bonds. The summed E-state index contributed by atoms with van der Waals surface area (Å²) in [7, 11) is -2.98. The van der Waals surface area contributed by atoms with Crippen molar-refractivity contribution in [2.75, 3.05) is 49.2 Å². The molecule has 1 saturated heterocycles. The van der Waals surface area contributed by atoms with Crippen molar-refractivity contribution in [1.82, 2.24) is 15.2 Å². The van der Waals surface area contributed by atoms with Gasteiger partial charge in [-0.25, -0.2) is 8.42 Å². The van der Waals surface area contributed by atoms with E-state index in [0.717, 1.165) is 28.6 Å². The van der Waals surface area contributed by atoms with Gasteiger partial charge in [0.2, 0.25) is 5.91 Å². The number of amides is 1. The number of hydrogen-bond donors (Lipinski definition) is 3. The van der Waals surface area contributed by atoms with Gasteiger partial charge in [0.05, 0.1) is 29.7 Å². The fourth-order valence-electron chi connectivity index (χ4n) is 6.51. The van der Waals surface area contributed by atoms with Gasteiger partial charge < -0.3 is 25.2 Å². The SMILES string of the molecule is CC(CCN1c2ccc(C(=O)CCN3CCS(=O)(=O)CC3)c3[nH]cc(c23)C[C@@H](CO)NC(=O)[C@@H]1C(C)C)c1ccccc1. The predicted octanol–water partition coefficient (Wildman–Crippen LogP) is 3.53. The number of aromatic amines is 1. The molecule has 3 N–H and O–H groups in total. The molecule has 10 heteroatoms. The molecule has 0 aliphatic carbocycles. The summed E-state index contributed by atoms with van der Waals surface area (Å²) in [5.41, 5.74) is 4.45. The number of carbonyl (C=O) groups excluding carboxylic acids is 2. The molecule has 232 valence electrons. The van der Waals surface area contributed by atoms with Gasteiger partial charge in [0.15, 0.2) is 15.6 Å². The zero-order valence-electron chi connectivity index (χ0n) is 25.4. The van der Waals surface area contributed by atoms with Crippen LogP contribution in [0.25, 0.3) is 10.9 Å². The molecule has 2 aliphatic heterocycles. The van der Waals surface area contributed by atoms with E-state index in [-0.39, 0.29) is 48.1 Å². The summed E-state index contributed by atoms with van der Waals surface area (Å²) in [6.45, 7) is 8.16. The molecule has 5 rings (SSSR count). The third-order valence-corrected chi connectivity index (χ3v) is 10.6. The van der Waals surface area contributed by atoms with E-state index in [2.05, 4.69) is 34.3 Å². The van der Waals surface area contributed by atoms with Crippen LogP contribution in [0.5, 0.6) is 0 Å². The number of aliphatic hydroxyl groups is 1. The Balaban J connectivity index is 1.49. The van der Waals surface area contributed by atoms with Crippen molar-refractivity contribution >= 4 is 38.1 Å². The minimum Gasteiger partial charge on any atom is -0.394 e. The maximum absolute atomic E-state index is 13.7. The Morgan fingerprint density at radius 3 is 2.44 bits per heavy atom. The number of H-pyrrole nitrogens is 1. The Morgan fingerprint density at radius 1 is 1.05 bits per heavy atom. The second-order valence-electron chi connectivity index (χ2n) is 12.4. The highest BCUT2D eigenvalue weighted by atomic mass is 32.2. The number of aliphatic hydroxyl groups excluding tert-OH is 1. The number of sulfone groups is 1. The Hall–Kier alpha value is -3.21. The number of anilines is 1. The van der Waals surface area contributed by atoms with Crippen LogP contribution in [0.2, 0.25) is 0 Å². The predicted molar refractivity (Wildman–Crippen MR) is 171 cm³/mol. The molecule has 0 radical (unpaired) electrons. The van der Waals surface area contributed by atoms with E-state index in [1.54, 1.807) is 0 Å². The van der Waals surface area contributed by atoms with Crippen LogP contribution >= 0.6 is 0 Å². The van der Waals surface area contributed by atoms with Gasteiger partial charge >= 0.3 is 0 Å². The highest BCUT2D eigenvalue weighted by molar-refractivity contribution is 7.91. The van der Waals surface area contributed by atoms with Crippen molar-refractivity contribution < 1.29 is 23.1 Å². The van der Waals surface area contributed by atoms with Gasteiger partial charge in [0.1, 0.15) is 6.04 Å². The van der Waals surface area contributed by atoms with Crippen molar-refractivity contribution in [1.29, 1.82) is 0 Å². The van der Waals surface area contributed by atoms with E-state index in [9.17, 15) is 23.1 Å². The maximum atomic E-state index is 13.7. The van der Waals surface area contributed by atoms with E-state index in [0.29, 0.717) is 38.2 Å². The summed E-state index contributed by atoms with van der Waals surface area (Å²) in [4.78, 5) is 34.9. The first-order valence-electron chi connectivity index (χ1n) is 15.4. The highest BCUT2D eigenvalue weighted by Gasteiger charge is 2.35. The van der Waals surface area contributed by atoms with E-state index >= 15 is 0 Å². The molecule has 43 heavy (non-hydrogen) atoms. The number of carbonyl (C=O) groups is 2. The van der Waals surface area contributed by atoms with Crippen molar-refractivity contribution in [3.8, 4) is 0 Å². The molecule has 1 fully saturated rings. The molecule has 3 atom stereocenters. The minimum atomic E-state index is -2.98. The van der Waals surface area contributed by atoms with Gasteiger partial charge in [-0.1, -0.05) is 51.1 Å². The molecule has 2 aromatic carbocycles. The molecule has 3 aromatic rings. The van der Waals surface area contributed by atoms with E-state index in [1.807, 2.05) is 55.3 Å². The second kappa shape index (κ2) is 13.2. The molecule has 3 heterocycles. The van der Waals surface area contributed by atoms with Crippen LogP contribution < -0.4 is 10.2 Å². The van der Waals surface area contributed by atoms with E-state index < -0.39 is 21.9 Å². The molecule has 0 bridgehead atoms. The number of benzene rings is 2. The number of nitrogens with one attached hydrogen (secondary N) is 2. The number of rotatable bonds is 10. The lowest BCUT2D eigenvalue weighted by Crippen LogP contribution is -2.53. The zero-order chi connectivity index (χ0) is 30.7. The first-order valence-corrected chi connectivity index (χ1v) is 17.2. The highest BCUT2D eigenvalue weighted by Crippen LogP contribution is 2.37. The quantitative estimate of drug-likeness (QED) is 0.301. The topological polar surface area (TPSA) is 123 Å². The van der Waals surface area contributed by atoms with Crippen molar-refractivity contribution in [2.24, 2.45) is 5.92 Å². The Labute approximate surface area is 254 Å². The van der Waals surface area contributed by atoms with Crippen LogP contribution in [0.1, 0.15) is 61.0 Å². The van der Waals surface area contributed by atoms with Gasteiger partial charge in [-0.05, 0) is 47.9 Å². The van der Waals surface area contributed by atoms with Crippen molar-refractivity contribution in [2.45, 2.75) is 58.0 Å². The lowest BCUT2D eigenvalue weighted by Gasteiger charge is -2.36. The molecule has 1 aromatic heterocycles. The molecule has 0 spiro atoms. The first kappa shape index (κ1) is 31.2. The van der Waals surface area contributed by atoms with Crippen LogP contribution in [0, 0.1) is 5.92 Å². The van der Waals surface area contributed by atoms with E-state index in [4.69, 9.17) is 0 Å². The third-order valence-electron chi connectivity index (χ3n) is 9.04. The lowest BCUT2D eigenvalue weighted by molar-refractivity contribution is -0.124. The van der Waals surface area contributed by atoms with Gasteiger partial charge in [0, 0.05) is 55.4 Å². The number of hydrogen-bond acceptors (Lipinski definition) is 7. The smallest absolute Gasteiger partial charge is 0.243 e. The first-order chi connectivity index (χ1) is 20.6. The van der Waals surface area contributed by atoms with Gasteiger partial charge in [-0.2, -0.15) is 0 Å². The van der Waals surface area contributed by atoms with Crippen molar-refractivity contribution in [3.05, 3.63) is 65.4 Å². The molecule has 2 aliphatic rings. The molecular weight excluding hydrogens is 564 g/mol. The molecule has 0 saturated carbocycles. The van der Waals surface area contributed by atoms with Crippen LogP contribution in [0.3, 0.4) is 0 Å². The summed E-state index contributed by atoms with van der Waals surface area (Å²) < 4.78 is 23.6. The fraction of sp³-hybridized carbons (Fsp3) is 0.515. The molecule has 1 unspecified atom stereocenters. The summed E-state index contributed by atoms with van der Waals surface area (Å²) in [5.74, 6) is 0.431. The zero-order valence-corrected chi connectivity index (χ0v) is 26.2. The monoisotopic (exact) mass is 608 g/mol. The molecule has 9 nitrogen and oxygen atoms in total. The number of ketones is 1. The molecular formula is C33H44N4O5S. The normalized spacial score (nSPS) is 21.7. The standard InChI is InChI=1S/C33H44N4O5S/c1-22(2)32-33(40)35-26(21-38)19-25-20-34-31-27(29(39)12-13-36-15-17-43(41,42)18-16-36)9-10-28(30(25)31)37(32)14-11-23(3)24-7-5-4-6-8-24/h4-10,20,22-23,26,32,34,38H,11-19,21H2,1-3H3,(H,35,40)/t23?,26-,32-/m0/s1. The number of Topliss-reactive ketones (excluding diaryl/α,β-unsaturated/α-hetero) is 1. The van der Waals surface area contributed by atoms with Gasteiger partial charge in [-0.15, -0.1) is 0 Å². The fourth-order valence-corrected chi connectivity index (χ4v) is 7.78. The average Bonchev–Trinajstić information content (AvgIpc) is 3.42. The van der Waals surface area contributed by atoms with Crippen LogP contribution in [0.4, 0.5) is 5.69 Å². The third kappa shape index (κ3) is 6.97. The Morgan fingerprint density at radius 2 is 1.77 bits per heavy atom. The van der Waals surface area contributed by atoms with Crippen LogP contribution in [-0.4, -0.2) is 91.5 Å². The summed E-state index contributed by atoms with van der Waals surface area (Å²) in [5, 5.41) is 14.2. The Bertz CT molecular complexity index is 1540. The summed E-state index contributed by atoms with van der Waals surface area (Å²) in [6.07, 6.45) is 3.45. The number of aromatic nitrogens is 1. The largest absolute Gasteiger partial charge is 0.394 e. The summed E-state index contributed by atoms with van der Waals surface area (Å²) in [6, 6.07) is 13.3. The van der Waals surface area contributed by atoms with Crippen molar-refractivity contribution in [3.63, 3.8) is 0 Å². The van der Waals surface area contributed by atoms with Gasteiger partial charge in [0.25, 0.3) is 0 Å². The lowest BCUT2D eigenvalue weighted by atomic mass is 9.94.